The Balaban J connectivity index is 2.41. The SMILES string of the molecule is N#Cc1ccnc(NS(=O)(=O)c2cccc(S(=O)(=O)F)c2)c1. The maximum Gasteiger partial charge on any atom is 0.332 e. The van der Waals surface area contributed by atoms with Crippen molar-refractivity contribution >= 4 is 26.1 Å². The second-order valence-corrected chi connectivity index (χ2v) is 7.09. The predicted octanol–water partition coefficient (Wildman–Crippen LogP) is 1.41. The number of sulfonamides is 1. The summed E-state index contributed by atoms with van der Waals surface area (Å²) in [5.74, 6) is -0.118. The van der Waals surface area contributed by atoms with E-state index in [0.717, 1.165) is 18.2 Å². The van der Waals surface area contributed by atoms with Gasteiger partial charge in [-0.3, -0.25) is 4.72 Å². The molecule has 0 fully saturated rings. The molecule has 0 atom stereocenters. The van der Waals surface area contributed by atoms with Crippen LogP contribution in [0.5, 0.6) is 0 Å². The molecule has 1 aromatic carbocycles. The zero-order valence-corrected chi connectivity index (χ0v) is 12.4. The summed E-state index contributed by atoms with van der Waals surface area (Å²) in [6.45, 7) is 0. The molecule has 10 heteroatoms. The summed E-state index contributed by atoms with van der Waals surface area (Å²) < 4.78 is 60.9. The van der Waals surface area contributed by atoms with E-state index in [0.29, 0.717) is 6.07 Å². The number of aromatic nitrogens is 1. The molecule has 7 nitrogen and oxygen atoms in total. The van der Waals surface area contributed by atoms with E-state index in [1.807, 2.05) is 6.07 Å². The van der Waals surface area contributed by atoms with Gasteiger partial charge in [0, 0.05) is 6.20 Å². The number of rotatable bonds is 4. The molecule has 114 valence electrons. The number of hydrogen-bond acceptors (Lipinski definition) is 6. The third-order valence-electron chi connectivity index (χ3n) is 2.53. The van der Waals surface area contributed by atoms with E-state index < -0.39 is 30.0 Å². The summed E-state index contributed by atoms with van der Waals surface area (Å²) in [7, 11) is -9.19. The maximum atomic E-state index is 12.9. The first-order valence-corrected chi connectivity index (χ1v) is 8.53. The van der Waals surface area contributed by atoms with Gasteiger partial charge in [-0.05, 0) is 30.3 Å². The summed E-state index contributed by atoms with van der Waals surface area (Å²) in [4.78, 5) is 2.52. The lowest BCUT2D eigenvalue weighted by Crippen LogP contribution is -2.14. The number of halogens is 1. The lowest BCUT2D eigenvalue weighted by atomic mass is 10.3. The van der Waals surface area contributed by atoms with E-state index in [-0.39, 0.29) is 11.4 Å². The molecule has 2 aromatic rings. The molecule has 1 aromatic heterocycles. The van der Waals surface area contributed by atoms with Gasteiger partial charge in [0.2, 0.25) is 0 Å². The molecule has 2 rings (SSSR count). The molecule has 1 heterocycles. The lowest BCUT2D eigenvalue weighted by Gasteiger charge is -2.08. The molecule has 0 unspecified atom stereocenters. The molecule has 0 amide bonds. The average molecular weight is 341 g/mol. The number of nitrogens with zero attached hydrogens (tertiary/aromatic N) is 2. The first-order chi connectivity index (χ1) is 10.2. The summed E-state index contributed by atoms with van der Waals surface area (Å²) in [5, 5.41) is 8.74. The standard InChI is InChI=1S/C12H8FN3O4S2/c13-21(17,18)10-2-1-3-11(7-10)22(19,20)16-12-6-9(8-14)4-5-15-12/h1-7H,(H,15,16). The number of anilines is 1. The Morgan fingerprint density at radius 2 is 1.77 bits per heavy atom. The van der Waals surface area contributed by atoms with Gasteiger partial charge in [0.15, 0.2) is 0 Å². The Bertz CT molecular complexity index is 966. The normalized spacial score (nSPS) is 11.6. The number of nitriles is 1. The highest BCUT2D eigenvalue weighted by atomic mass is 32.3. The Morgan fingerprint density at radius 3 is 2.41 bits per heavy atom. The van der Waals surface area contributed by atoms with Crippen LogP contribution in [0.15, 0.2) is 52.4 Å². The Morgan fingerprint density at radius 1 is 1.09 bits per heavy atom. The van der Waals surface area contributed by atoms with Crippen LogP contribution in [-0.2, 0) is 20.2 Å². The van der Waals surface area contributed by atoms with Crippen LogP contribution in [0, 0.1) is 11.3 Å². The molecule has 0 aliphatic carbocycles. The topological polar surface area (TPSA) is 117 Å². The second-order valence-electron chi connectivity index (χ2n) is 4.06. The summed E-state index contributed by atoms with van der Waals surface area (Å²) in [6, 6.07) is 8.22. The molecule has 0 saturated heterocycles. The summed E-state index contributed by atoms with van der Waals surface area (Å²) >= 11 is 0. The Kier molecular flexibility index (Phi) is 4.11. The number of benzene rings is 1. The number of pyridine rings is 1. The van der Waals surface area contributed by atoms with Crippen molar-refractivity contribution in [3.8, 4) is 6.07 Å². The first kappa shape index (κ1) is 15.9. The highest BCUT2D eigenvalue weighted by Crippen LogP contribution is 2.19. The van der Waals surface area contributed by atoms with Gasteiger partial charge in [-0.25, -0.2) is 13.4 Å². The average Bonchev–Trinajstić information content (AvgIpc) is 2.46. The second kappa shape index (κ2) is 5.70. The fourth-order valence-electron chi connectivity index (χ4n) is 1.55. The van der Waals surface area contributed by atoms with Gasteiger partial charge < -0.3 is 0 Å². The van der Waals surface area contributed by atoms with Crippen molar-refractivity contribution < 1.29 is 20.7 Å². The van der Waals surface area contributed by atoms with Crippen LogP contribution >= 0.6 is 0 Å². The Hall–Kier alpha value is -2.51. The monoisotopic (exact) mass is 341 g/mol. The fraction of sp³-hybridized carbons (Fsp3) is 0. The van der Waals surface area contributed by atoms with Crippen LogP contribution < -0.4 is 4.72 Å². The minimum atomic E-state index is -5.02. The molecular formula is C12H8FN3O4S2. The molecule has 0 spiro atoms. The van der Waals surface area contributed by atoms with Gasteiger partial charge in [0.25, 0.3) is 10.0 Å². The van der Waals surface area contributed by atoms with Crippen molar-refractivity contribution in [2.24, 2.45) is 0 Å². The minimum absolute atomic E-state index is 0.118. The van der Waals surface area contributed by atoms with E-state index in [4.69, 9.17) is 5.26 Å². The van der Waals surface area contributed by atoms with Gasteiger partial charge in [0.05, 0.1) is 21.4 Å². The smallest absolute Gasteiger partial charge is 0.263 e. The van der Waals surface area contributed by atoms with E-state index in [1.165, 1.54) is 18.3 Å². The third-order valence-corrected chi connectivity index (χ3v) is 4.69. The van der Waals surface area contributed by atoms with Gasteiger partial charge in [-0.15, -0.1) is 3.89 Å². The molecular weight excluding hydrogens is 333 g/mol. The van der Waals surface area contributed by atoms with Crippen LogP contribution in [0.25, 0.3) is 0 Å². The maximum absolute atomic E-state index is 12.9. The van der Waals surface area contributed by atoms with E-state index >= 15 is 0 Å². The van der Waals surface area contributed by atoms with Gasteiger partial charge >= 0.3 is 10.2 Å². The Labute approximate surface area is 126 Å². The molecule has 0 aliphatic rings. The predicted molar refractivity (Wildman–Crippen MR) is 74.5 cm³/mol. The quantitative estimate of drug-likeness (QED) is 0.840. The van der Waals surface area contributed by atoms with Crippen molar-refractivity contribution in [2.45, 2.75) is 9.79 Å². The number of nitrogens with one attached hydrogen (secondary N) is 1. The van der Waals surface area contributed by atoms with Crippen molar-refractivity contribution in [2.75, 3.05) is 4.72 Å². The molecule has 0 saturated carbocycles. The van der Waals surface area contributed by atoms with Crippen LogP contribution in [0.4, 0.5) is 9.70 Å². The van der Waals surface area contributed by atoms with Gasteiger partial charge in [0.1, 0.15) is 5.82 Å². The van der Waals surface area contributed by atoms with Crippen molar-refractivity contribution in [1.29, 1.82) is 5.26 Å². The lowest BCUT2D eigenvalue weighted by molar-refractivity contribution is 0.552. The van der Waals surface area contributed by atoms with Gasteiger partial charge in [-0.1, -0.05) is 6.07 Å². The third kappa shape index (κ3) is 3.57. The van der Waals surface area contributed by atoms with Crippen LogP contribution in [0.1, 0.15) is 5.56 Å². The van der Waals surface area contributed by atoms with E-state index in [9.17, 15) is 20.7 Å². The van der Waals surface area contributed by atoms with E-state index in [2.05, 4.69) is 9.71 Å². The van der Waals surface area contributed by atoms with Crippen LogP contribution in [-0.4, -0.2) is 21.8 Å². The van der Waals surface area contributed by atoms with Crippen molar-refractivity contribution in [3.63, 3.8) is 0 Å². The highest BCUT2D eigenvalue weighted by Gasteiger charge is 2.19. The highest BCUT2D eigenvalue weighted by molar-refractivity contribution is 7.92. The summed E-state index contributed by atoms with van der Waals surface area (Å²) in [5.41, 5.74) is 0.188. The van der Waals surface area contributed by atoms with Crippen molar-refractivity contribution in [3.05, 3.63) is 48.2 Å². The minimum Gasteiger partial charge on any atom is -0.263 e. The first-order valence-electron chi connectivity index (χ1n) is 5.66. The van der Waals surface area contributed by atoms with E-state index in [1.54, 1.807) is 0 Å². The largest absolute Gasteiger partial charge is 0.332 e. The molecule has 0 aliphatic heterocycles. The van der Waals surface area contributed by atoms with Crippen LogP contribution in [0.3, 0.4) is 0 Å². The van der Waals surface area contributed by atoms with Crippen molar-refractivity contribution in [1.82, 2.24) is 4.98 Å². The molecule has 0 bridgehead atoms. The summed E-state index contributed by atoms with van der Waals surface area (Å²) in [6.07, 6.45) is 1.23. The number of hydrogen-bond donors (Lipinski definition) is 1. The van der Waals surface area contributed by atoms with Gasteiger partial charge in [-0.2, -0.15) is 13.7 Å². The van der Waals surface area contributed by atoms with Crippen LogP contribution in [0.2, 0.25) is 0 Å². The molecule has 22 heavy (non-hydrogen) atoms. The molecule has 0 radical (unpaired) electrons. The fourth-order valence-corrected chi connectivity index (χ4v) is 3.17. The zero-order valence-electron chi connectivity index (χ0n) is 10.8. The molecule has 1 N–H and O–H groups in total. The zero-order chi connectivity index (χ0) is 16.4.